The van der Waals surface area contributed by atoms with E-state index in [0.717, 1.165) is 5.75 Å². The van der Waals surface area contributed by atoms with Crippen LogP contribution in [0, 0.1) is 0 Å². The van der Waals surface area contributed by atoms with Gasteiger partial charge in [-0.2, -0.15) is 0 Å². The molecule has 1 aromatic carbocycles. The lowest BCUT2D eigenvalue weighted by Crippen LogP contribution is -2.10. The van der Waals surface area contributed by atoms with Crippen molar-refractivity contribution in [2.45, 2.75) is 0 Å². The molecule has 0 aliphatic carbocycles. The van der Waals surface area contributed by atoms with Crippen molar-refractivity contribution in [1.82, 2.24) is 5.73 Å². The van der Waals surface area contributed by atoms with E-state index in [-0.39, 0.29) is 13.2 Å². The molecule has 1 rings (SSSR count). The standard InChI is InChI=1S/C9H10NO3/c10-9(11)13-7-6-12-8-4-2-1-3-5-8/h1-5,10H,6-7H2. The molecule has 1 amide bonds. The van der Waals surface area contributed by atoms with E-state index in [1.807, 2.05) is 30.3 Å². The Morgan fingerprint density at radius 1 is 1.23 bits per heavy atom. The Bertz CT molecular complexity index is 261. The summed E-state index contributed by atoms with van der Waals surface area (Å²) in [5.74, 6) is 0.725. The Labute approximate surface area is 76.3 Å². The van der Waals surface area contributed by atoms with Crippen molar-refractivity contribution in [3.63, 3.8) is 0 Å². The fourth-order valence-corrected chi connectivity index (χ4v) is 0.811. The molecule has 0 saturated carbocycles. The van der Waals surface area contributed by atoms with Crippen LogP contribution in [0.4, 0.5) is 4.79 Å². The highest BCUT2D eigenvalue weighted by molar-refractivity contribution is 5.63. The zero-order valence-corrected chi connectivity index (χ0v) is 7.03. The molecule has 0 bridgehead atoms. The van der Waals surface area contributed by atoms with Crippen LogP contribution in [0.2, 0.25) is 0 Å². The summed E-state index contributed by atoms with van der Waals surface area (Å²) in [6.45, 7) is 0.381. The van der Waals surface area contributed by atoms with Crippen LogP contribution in [0.3, 0.4) is 0 Å². The first-order chi connectivity index (χ1) is 6.29. The average molecular weight is 180 g/mol. The highest BCUT2D eigenvalue weighted by atomic mass is 16.6. The van der Waals surface area contributed by atoms with E-state index < -0.39 is 6.09 Å². The minimum absolute atomic E-state index is 0.108. The summed E-state index contributed by atoms with van der Waals surface area (Å²) < 4.78 is 9.56. The predicted molar refractivity (Wildman–Crippen MR) is 46.4 cm³/mol. The number of rotatable bonds is 4. The lowest BCUT2D eigenvalue weighted by Gasteiger charge is -2.04. The van der Waals surface area contributed by atoms with Gasteiger partial charge in [0.15, 0.2) is 0 Å². The number of ether oxygens (including phenoxy) is 2. The molecule has 0 unspecified atom stereocenters. The van der Waals surface area contributed by atoms with E-state index in [4.69, 9.17) is 10.5 Å². The van der Waals surface area contributed by atoms with Crippen molar-refractivity contribution in [2.75, 3.05) is 13.2 Å². The summed E-state index contributed by atoms with van der Waals surface area (Å²) >= 11 is 0. The second kappa shape index (κ2) is 5.03. The number of hydrogen-bond acceptors (Lipinski definition) is 3. The minimum atomic E-state index is -1.03. The maximum Gasteiger partial charge on any atom is 0.426 e. The van der Waals surface area contributed by atoms with Crippen LogP contribution in [0.25, 0.3) is 0 Å². The van der Waals surface area contributed by atoms with Crippen LogP contribution >= 0.6 is 0 Å². The third-order valence-corrected chi connectivity index (χ3v) is 1.33. The van der Waals surface area contributed by atoms with Crippen LogP contribution in [0.15, 0.2) is 30.3 Å². The Kier molecular flexibility index (Phi) is 3.63. The zero-order chi connectivity index (χ0) is 9.52. The van der Waals surface area contributed by atoms with Gasteiger partial charge < -0.3 is 9.47 Å². The second-order valence-electron chi connectivity index (χ2n) is 2.30. The Balaban J connectivity index is 2.17. The van der Waals surface area contributed by atoms with Crippen molar-refractivity contribution in [2.24, 2.45) is 0 Å². The summed E-state index contributed by atoms with van der Waals surface area (Å²) in [5, 5.41) is 0. The monoisotopic (exact) mass is 180 g/mol. The number of amides is 1. The topological polar surface area (TPSA) is 59.3 Å². The largest absolute Gasteiger partial charge is 0.490 e. The van der Waals surface area contributed by atoms with E-state index in [9.17, 15) is 4.79 Å². The van der Waals surface area contributed by atoms with E-state index in [1.165, 1.54) is 0 Å². The van der Waals surface area contributed by atoms with Gasteiger partial charge in [-0.25, -0.2) is 10.5 Å². The summed E-state index contributed by atoms with van der Waals surface area (Å²) in [4.78, 5) is 10.0. The van der Waals surface area contributed by atoms with Gasteiger partial charge in [0.05, 0.1) is 0 Å². The van der Waals surface area contributed by atoms with Gasteiger partial charge >= 0.3 is 6.09 Å². The van der Waals surface area contributed by atoms with Gasteiger partial charge in [0.2, 0.25) is 0 Å². The number of para-hydroxylation sites is 1. The van der Waals surface area contributed by atoms with Crippen LogP contribution < -0.4 is 10.5 Å². The van der Waals surface area contributed by atoms with Crippen LogP contribution in [0.5, 0.6) is 5.75 Å². The number of benzene rings is 1. The molecule has 13 heavy (non-hydrogen) atoms. The highest BCUT2D eigenvalue weighted by Gasteiger charge is 1.94. The van der Waals surface area contributed by atoms with E-state index in [0.29, 0.717) is 0 Å². The van der Waals surface area contributed by atoms with Crippen molar-refractivity contribution in [3.8, 4) is 5.75 Å². The summed E-state index contributed by atoms with van der Waals surface area (Å²) in [6, 6.07) is 9.21. The van der Waals surface area contributed by atoms with E-state index in [1.54, 1.807) is 0 Å². The molecule has 0 aromatic heterocycles. The summed E-state index contributed by atoms with van der Waals surface area (Å²) in [5.41, 5.74) is 6.44. The summed E-state index contributed by atoms with van der Waals surface area (Å²) in [7, 11) is 0. The van der Waals surface area contributed by atoms with Gasteiger partial charge in [0.1, 0.15) is 19.0 Å². The molecule has 1 N–H and O–H groups in total. The van der Waals surface area contributed by atoms with Crippen LogP contribution in [0.1, 0.15) is 0 Å². The third kappa shape index (κ3) is 4.00. The molecule has 0 atom stereocenters. The highest BCUT2D eigenvalue weighted by Crippen LogP contribution is 2.07. The smallest absolute Gasteiger partial charge is 0.426 e. The van der Waals surface area contributed by atoms with Crippen molar-refractivity contribution in [3.05, 3.63) is 30.3 Å². The molecule has 4 nitrogen and oxygen atoms in total. The first-order valence-electron chi connectivity index (χ1n) is 3.85. The van der Waals surface area contributed by atoms with E-state index in [2.05, 4.69) is 4.74 Å². The molecule has 0 aliphatic heterocycles. The molecular formula is C9H10NO3. The lowest BCUT2D eigenvalue weighted by molar-refractivity contribution is 0.132. The Morgan fingerprint density at radius 2 is 1.92 bits per heavy atom. The fraction of sp³-hybridized carbons (Fsp3) is 0.222. The molecule has 0 saturated heterocycles. The third-order valence-electron chi connectivity index (χ3n) is 1.33. The molecule has 0 fully saturated rings. The molecule has 0 heterocycles. The molecule has 4 heteroatoms. The fourth-order valence-electron chi connectivity index (χ4n) is 0.811. The Hall–Kier alpha value is -1.71. The lowest BCUT2D eigenvalue weighted by atomic mass is 10.3. The average Bonchev–Trinajstić information content (AvgIpc) is 2.14. The molecule has 1 aromatic rings. The molecule has 69 valence electrons. The van der Waals surface area contributed by atoms with Gasteiger partial charge in [0, 0.05) is 0 Å². The van der Waals surface area contributed by atoms with Gasteiger partial charge in [0.25, 0.3) is 0 Å². The second-order valence-corrected chi connectivity index (χ2v) is 2.30. The van der Waals surface area contributed by atoms with Crippen molar-refractivity contribution in [1.29, 1.82) is 0 Å². The van der Waals surface area contributed by atoms with Crippen molar-refractivity contribution >= 4 is 6.09 Å². The minimum Gasteiger partial charge on any atom is -0.490 e. The Morgan fingerprint density at radius 3 is 2.54 bits per heavy atom. The van der Waals surface area contributed by atoms with Gasteiger partial charge in [-0.15, -0.1) is 0 Å². The molecule has 0 aliphatic rings. The number of carbonyl (C=O) groups is 1. The normalized spacial score (nSPS) is 9.23. The maximum absolute atomic E-state index is 10.0. The van der Waals surface area contributed by atoms with Crippen LogP contribution in [-0.2, 0) is 4.74 Å². The molecule has 0 spiro atoms. The van der Waals surface area contributed by atoms with Crippen LogP contribution in [-0.4, -0.2) is 19.3 Å². The molecular weight excluding hydrogens is 170 g/mol. The molecule has 1 radical (unpaired) electrons. The number of nitrogens with one attached hydrogen (secondary N) is 1. The zero-order valence-electron chi connectivity index (χ0n) is 7.03. The van der Waals surface area contributed by atoms with Crippen molar-refractivity contribution < 1.29 is 14.3 Å². The SMILES string of the molecule is [NH]C(=O)OCCOc1ccccc1. The van der Waals surface area contributed by atoms with E-state index >= 15 is 0 Å². The predicted octanol–water partition coefficient (Wildman–Crippen LogP) is 1.48. The quantitative estimate of drug-likeness (QED) is 0.659. The number of carbonyl (C=O) groups excluding carboxylic acids is 1. The maximum atomic E-state index is 10.0. The first kappa shape index (κ1) is 9.38. The van der Waals surface area contributed by atoms with Gasteiger partial charge in [-0.1, -0.05) is 18.2 Å². The first-order valence-corrected chi connectivity index (χ1v) is 3.85. The summed E-state index contributed by atoms with van der Waals surface area (Å²) in [6.07, 6.45) is -1.03. The number of hydrogen-bond donors (Lipinski definition) is 0. The van der Waals surface area contributed by atoms with Gasteiger partial charge in [-0.3, -0.25) is 0 Å². The van der Waals surface area contributed by atoms with Gasteiger partial charge in [-0.05, 0) is 12.1 Å².